The predicted molar refractivity (Wildman–Crippen MR) is 73.2 cm³/mol. The minimum atomic E-state index is -0.160. The molecule has 18 heavy (non-hydrogen) atoms. The lowest BCUT2D eigenvalue weighted by molar-refractivity contribution is -0.120. The molecule has 3 N–H and O–H groups in total. The van der Waals surface area contributed by atoms with Gasteiger partial charge in [0.2, 0.25) is 0 Å². The summed E-state index contributed by atoms with van der Waals surface area (Å²) in [6.45, 7) is 6.88. The molecule has 1 heterocycles. The van der Waals surface area contributed by atoms with Gasteiger partial charge >= 0.3 is 0 Å². The average Bonchev–Trinajstić information content (AvgIpc) is 2.33. The third-order valence-electron chi connectivity index (χ3n) is 3.76. The summed E-state index contributed by atoms with van der Waals surface area (Å²) in [4.78, 5) is 13.7. The van der Waals surface area contributed by atoms with E-state index in [1.165, 1.54) is 5.56 Å². The van der Waals surface area contributed by atoms with Crippen molar-refractivity contribution in [2.45, 2.75) is 38.6 Å². The van der Waals surface area contributed by atoms with Crippen LogP contribution >= 0.6 is 0 Å². The zero-order valence-electron chi connectivity index (χ0n) is 11.2. The van der Waals surface area contributed by atoms with Gasteiger partial charge in [-0.1, -0.05) is 25.1 Å². The average molecular weight is 247 g/mol. The van der Waals surface area contributed by atoms with Crippen molar-refractivity contribution < 1.29 is 4.79 Å². The fraction of sp³-hybridized carbons (Fsp3) is 0.500. The van der Waals surface area contributed by atoms with Gasteiger partial charge in [0.15, 0.2) is 0 Å². The van der Waals surface area contributed by atoms with Crippen molar-refractivity contribution in [3.05, 3.63) is 29.8 Å². The number of amides is 1. The highest BCUT2D eigenvalue weighted by Crippen LogP contribution is 2.42. The molecule has 4 heteroatoms. The molecule has 0 bridgehead atoms. The first-order valence-corrected chi connectivity index (χ1v) is 6.31. The first-order valence-electron chi connectivity index (χ1n) is 6.31. The van der Waals surface area contributed by atoms with Crippen LogP contribution in [0, 0.1) is 0 Å². The Labute approximate surface area is 108 Å². The number of fused-ring (bicyclic) bond motifs is 1. The summed E-state index contributed by atoms with van der Waals surface area (Å²) < 4.78 is 0. The fourth-order valence-corrected chi connectivity index (χ4v) is 2.93. The van der Waals surface area contributed by atoms with E-state index in [1.807, 2.05) is 6.07 Å². The van der Waals surface area contributed by atoms with Crippen molar-refractivity contribution in [2.75, 3.05) is 11.4 Å². The second-order valence-corrected chi connectivity index (χ2v) is 5.63. The zero-order chi connectivity index (χ0) is 13.3. The van der Waals surface area contributed by atoms with Crippen molar-refractivity contribution in [3.8, 4) is 0 Å². The molecule has 0 saturated carbocycles. The summed E-state index contributed by atoms with van der Waals surface area (Å²) >= 11 is 0. The molecule has 0 radical (unpaired) electrons. The van der Waals surface area contributed by atoms with Crippen molar-refractivity contribution >= 4 is 11.6 Å². The van der Waals surface area contributed by atoms with Crippen LogP contribution in [0.25, 0.3) is 0 Å². The van der Waals surface area contributed by atoms with Crippen molar-refractivity contribution in [3.63, 3.8) is 0 Å². The second-order valence-electron chi connectivity index (χ2n) is 5.63. The number of benzene rings is 1. The number of carbonyl (C=O) groups is 1. The highest BCUT2D eigenvalue weighted by atomic mass is 16.2. The van der Waals surface area contributed by atoms with E-state index in [4.69, 9.17) is 5.84 Å². The Balaban J connectivity index is 2.41. The number of hydrogen-bond donors (Lipinski definition) is 2. The molecule has 0 aromatic heterocycles. The molecule has 0 fully saturated rings. The molecule has 4 nitrogen and oxygen atoms in total. The Morgan fingerprint density at radius 2 is 2.17 bits per heavy atom. The molecule has 1 amide bonds. The number of hydrogen-bond acceptors (Lipinski definition) is 3. The molecule has 1 aromatic carbocycles. The van der Waals surface area contributed by atoms with Crippen molar-refractivity contribution in [2.24, 2.45) is 5.84 Å². The first-order chi connectivity index (χ1) is 8.45. The Hall–Kier alpha value is -1.55. The van der Waals surface area contributed by atoms with Crippen LogP contribution < -0.4 is 16.2 Å². The molecule has 98 valence electrons. The minimum Gasteiger partial charge on any atom is -0.357 e. The monoisotopic (exact) mass is 247 g/mol. The van der Waals surface area contributed by atoms with Crippen LogP contribution in [-0.4, -0.2) is 18.0 Å². The lowest BCUT2D eigenvalue weighted by Crippen LogP contribution is -2.53. The molecular weight excluding hydrogens is 226 g/mol. The predicted octanol–water partition coefficient (Wildman–Crippen LogP) is 1.77. The molecular formula is C14H21N3O. The van der Waals surface area contributed by atoms with Gasteiger partial charge in [-0.05, 0) is 37.8 Å². The van der Waals surface area contributed by atoms with Crippen LogP contribution in [0.3, 0.4) is 0 Å². The van der Waals surface area contributed by atoms with E-state index in [9.17, 15) is 4.79 Å². The molecule has 0 spiro atoms. The van der Waals surface area contributed by atoms with Crippen molar-refractivity contribution in [1.82, 2.24) is 5.43 Å². The molecule has 1 aliphatic heterocycles. The number of nitrogens with two attached hydrogens (primary N) is 1. The maximum atomic E-state index is 11.6. The van der Waals surface area contributed by atoms with Gasteiger partial charge in [0.05, 0.1) is 6.54 Å². The van der Waals surface area contributed by atoms with Crippen LogP contribution in [0.15, 0.2) is 24.3 Å². The second kappa shape index (κ2) is 4.61. The van der Waals surface area contributed by atoms with Crippen LogP contribution in [0.5, 0.6) is 0 Å². The Kier molecular flexibility index (Phi) is 3.30. The standard InChI is InChI=1S/C14H21N3O/c1-10-8-14(2,3)17(9-13(18)16-15)12-7-5-4-6-11(10)12/h4-7,10H,8-9,15H2,1-3H3,(H,16,18). The number of nitrogens with zero attached hydrogens (tertiary/aromatic N) is 1. The normalized spacial score (nSPS) is 21.3. The molecule has 2 rings (SSSR count). The number of rotatable bonds is 2. The Morgan fingerprint density at radius 1 is 1.50 bits per heavy atom. The lowest BCUT2D eigenvalue weighted by Gasteiger charge is -2.47. The molecule has 0 aliphatic carbocycles. The summed E-state index contributed by atoms with van der Waals surface area (Å²) in [7, 11) is 0. The molecule has 0 saturated heterocycles. The van der Waals surface area contributed by atoms with E-state index < -0.39 is 0 Å². The zero-order valence-corrected chi connectivity index (χ0v) is 11.2. The van der Waals surface area contributed by atoms with E-state index >= 15 is 0 Å². The first kappa shape index (κ1) is 12.9. The highest BCUT2D eigenvalue weighted by Gasteiger charge is 2.36. The summed E-state index contributed by atoms with van der Waals surface area (Å²) in [5.41, 5.74) is 4.62. The van der Waals surface area contributed by atoms with Gasteiger partial charge in [-0.2, -0.15) is 0 Å². The van der Waals surface area contributed by atoms with Gasteiger partial charge in [0.1, 0.15) is 0 Å². The summed E-state index contributed by atoms with van der Waals surface area (Å²) in [6.07, 6.45) is 1.03. The maximum absolute atomic E-state index is 11.6. The van der Waals surface area contributed by atoms with Crippen LogP contribution in [-0.2, 0) is 4.79 Å². The van der Waals surface area contributed by atoms with Crippen LogP contribution in [0.1, 0.15) is 38.7 Å². The topological polar surface area (TPSA) is 58.4 Å². The summed E-state index contributed by atoms with van der Waals surface area (Å²) in [6, 6.07) is 8.29. The van der Waals surface area contributed by atoms with Gasteiger partial charge < -0.3 is 4.90 Å². The molecule has 1 aliphatic rings. The van der Waals surface area contributed by atoms with E-state index in [0.717, 1.165) is 12.1 Å². The fourth-order valence-electron chi connectivity index (χ4n) is 2.93. The summed E-state index contributed by atoms with van der Waals surface area (Å²) in [5, 5.41) is 0. The van der Waals surface area contributed by atoms with Crippen LogP contribution in [0.4, 0.5) is 5.69 Å². The molecule has 1 unspecified atom stereocenters. The Bertz CT molecular complexity index is 456. The van der Waals surface area contributed by atoms with E-state index in [2.05, 4.69) is 49.3 Å². The van der Waals surface area contributed by atoms with E-state index in [-0.39, 0.29) is 11.4 Å². The van der Waals surface area contributed by atoms with E-state index in [1.54, 1.807) is 0 Å². The Morgan fingerprint density at radius 3 is 2.83 bits per heavy atom. The SMILES string of the molecule is CC1CC(C)(C)N(CC(=O)NN)c2ccccc21. The summed E-state index contributed by atoms with van der Waals surface area (Å²) in [5.74, 6) is 5.55. The van der Waals surface area contributed by atoms with Gasteiger partial charge in [0.25, 0.3) is 5.91 Å². The largest absolute Gasteiger partial charge is 0.357 e. The van der Waals surface area contributed by atoms with Crippen LogP contribution in [0.2, 0.25) is 0 Å². The minimum absolute atomic E-state index is 0.0414. The van der Waals surface area contributed by atoms with Gasteiger partial charge in [-0.15, -0.1) is 0 Å². The van der Waals surface area contributed by atoms with E-state index in [0.29, 0.717) is 12.5 Å². The maximum Gasteiger partial charge on any atom is 0.253 e. The highest BCUT2D eigenvalue weighted by molar-refractivity contribution is 5.82. The molecule has 1 aromatic rings. The van der Waals surface area contributed by atoms with Gasteiger partial charge in [-0.3, -0.25) is 10.2 Å². The number of carbonyl (C=O) groups excluding carboxylic acids is 1. The van der Waals surface area contributed by atoms with Gasteiger partial charge in [-0.25, -0.2) is 5.84 Å². The number of hydrazine groups is 1. The quantitative estimate of drug-likeness (QED) is 0.476. The lowest BCUT2D eigenvalue weighted by atomic mass is 9.80. The third-order valence-corrected chi connectivity index (χ3v) is 3.76. The van der Waals surface area contributed by atoms with Crippen molar-refractivity contribution in [1.29, 1.82) is 0 Å². The smallest absolute Gasteiger partial charge is 0.253 e. The number of nitrogens with one attached hydrogen (secondary N) is 1. The number of para-hydroxylation sites is 1. The molecule has 1 atom stereocenters. The third kappa shape index (κ3) is 2.20. The van der Waals surface area contributed by atoms with Gasteiger partial charge in [0, 0.05) is 11.2 Å². The number of anilines is 1.